The van der Waals surface area contributed by atoms with Gasteiger partial charge in [-0.2, -0.15) is 0 Å². The van der Waals surface area contributed by atoms with Gasteiger partial charge in [-0.25, -0.2) is 13.9 Å². The molecule has 7 heteroatoms. The van der Waals surface area contributed by atoms with Crippen LogP contribution in [0.3, 0.4) is 0 Å². The topological polar surface area (TPSA) is 68.2 Å². The normalized spacial score (nSPS) is 10.9. The molecule has 20 heavy (non-hydrogen) atoms. The van der Waals surface area contributed by atoms with Crippen LogP contribution in [0.5, 0.6) is 0 Å². The quantitative estimate of drug-likeness (QED) is 0.772. The third-order valence-electron chi connectivity index (χ3n) is 2.78. The van der Waals surface area contributed by atoms with Crippen molar-refractivity contribution >= 4 is 33.1 Å². The molecular formula is C13H11BrFN5. The van der Waals surface area contributed by atoms with Crippen LogP contribution < -0.4 is 11.1 Å². The zero-order chi connectivity index (χ0) is 14.1. The molecule has 0 fully saturated rings. The van der Waals surface area contributed by atoms with Crippen molar-refractivity contribution in [2.75, 3.05) is 5.32 Å². The zero-order valence-corrected chi connectivity index (χ0v) is 11.9. The van der Waals surface area contributed by atoms with Gasteiger partial charge in [0.1, 0.15) is 10.4 Å². The Morgan fingerprint density at radius 3 is 2.90 bits per heavy atom. The Bertz CT molecular complexity index is 771. The molecule has 3 aromatic rings. The minimum absolute atomic E-state index is 0.301. The maximum atomic E-state index is 13.1. The molecule has 0 spiro atoms. The van der Waals surface area contributed by atoms with Crippen molar-refractivity contribution < 1.29 is 4.39 Å². The van der Waals surface area contributed by atoms with Crippen LogP contribution in [-0.2, 0) is 6.54 Å². The molecule has 0 aliphatic rings. The SMILES string of the molecule is NCc1nc2ccc(Nc3cccc(F)c3)nn2c1Br. The van der Waals surface area contributed by atoms with E-state index >= 15 is 0 Å². The van der Waals surface area contributed by atoms with E-state index in [4.69, 9.17) is 5.73 Å². The second-order valence-corrected chi connectivity index (χ2v) is 4.93. The summed E-state index contributed by atoms with van der Waals surface area (Å²) in [6.45, 7) is 0.330. The smallest absolute Gasteiger partial charge is 0.155 e. The largest absolute Gasteiger partial charge is 0.339 e. The van der Waals surface area contributed by atoms with E-state index in [1.54, 1.807) is 22.7 Å². The standard InChI is InChI=1S/C13H11BrFN5/c14-13-10(7-16)18-12-5-4-11(19-20(12)13)17-9-3-1-2-8(15)6-9/h1-6H,7,16H2,(H,17,19). The first-order valence-electron chi connectivity index (χ1n) is 5.94. The van der Waals surface area contributed by atoms with Crippen LogP contribution in [-0.4, -0.2) is 14.6 Å². The van der Waals surface area contributed by atoms with Crippen LogP contribution in [0.25, 0.3) is 5.65 Å². The van der Waals surface area contributed by atoms with Gasteiger partial charge in [0.2, 0.25) is 0 Å². The van der Waals surface area contributed by atoms with Crippen LogP contribution in [0, 0.1) is 5.82 Å². The molecule has 0 amide bonds. The van der Waals surface area contributed by atoms with E-state index in [2.05, 4.69) is 31.3 Å². The summed E-state index contributed by atoms with van der Waals surface area (Å²) in [4.78, 5) is 4.33. The molecule has 0 saturated carbocycles. The Labute approximate surface area is 122 Å². The van der Waals surface area contributed by atoms with Gasteiger partial charge in [-0.3, -0.25) is 0 Å². The summed E-state index contributed by atoms with van der Waals surface area (Å²) in [7, 11) is 0. The first kappa shape index (κ1) is 13.0. The fraction of sp³-hybridized carbons (Fsp3) is 0.0769. The molecule has 0 atom stereocenters. The molecule has 2 heterocycles. The number of anilines is 2. The second kappa shape index (κ2) is 5.18. The van der Waals surface area contributed by atoms with Crippen LogP contribution in [0.1, 0.15) is 5.69 Å². The average Bonchev–Trinajstić information content (AvgIpc) is 2.75. The number of aromatic nitrogens is 3. The molecule has 5 nitrogen and oxygen atoms in total. The van der Waals surface area contributed by atoms with Gasteiger partial charge in [0.05, 0.1) is 5.69 Å². The van der Waals surface area contributed by atoms with Crippen molar-refractivity contribution in [1.29, 1.82) is 0 Å². The van der Waals surface area contributed by atoms with Crippen molar-refractivity contribution in [3.8, 4) is 0 Å². The average molecular weight is 336 g/mol. The fourth-order valence-corrected chi connectivity index (χ4v) is 2.37. The zero-order valence-electron chi connectivity index (χ0n) is 10.3. The van der Waals surface area contributed by atoms with Crippen molar-refractivity contribution in [3.05, 3.63) is 52.5 Å². The number of nitrogens with one attached hydrogen (secondary N) is 1. The highest BCUT2D eigenvalue weighted by atomic mass is 79.9. The number of halogens is 2. The number of fused-ring (bicyclic) bond motifs is 1. The highest BCUT2D eigenvalue weighted by Crippen LogP contribution is 2.20. The lowest BCUT2D eigenvalue weighted by atomic mass is 10.3. The summed E-state index contributed by atoms with van der Waals surface area (Å²) in [6.07, 6.45) is 0. The number of nitrogens with zero attached hydrogens (tertiary/aromatic N) is 3. The highest BCUT2D eigenvalue weighted by Gasteiger charge is 2.10. The van der Waals surface area contributed by atoms with Gasteiger partial charge in [-0.1, -0.05) is 6.07 Å². The maximum Gasteiger partial charge on any atom is 0.155 e. The summed E-state index contributed by atoms with van der Waals surface area (Å²) in [5.41, 5.74) is 7.67. The Kier molecular flexibility index (Phi) is 3.37. The monoisotopic (exact) mass is 335 g/mol. The predicted octanol–water partition coefficient (Wildman–Crippen LogP) is 2.83. The van der Waals surface area contributed by atoms with Crippen LogP contribution in [0.2, 0.25) is 0 Å². The molecule has 3 N–H and O–H groups in total. The second-order valence-electron chi connectivity index (χ2n) is 4.18. The van der Waals surface area contributed by atoms with E-state index in [1.165, 1.54) is 12.1 Å². The number of rotatable bonds is 3. The van der Waals surface area contributed by atoms with Crippen molar-refractivity contribution in [2.24, 2.45) is 5.73 Å². The summed E-state index contributed by atoms with van der Waals surface area (Å²) >= 11 is 3.41. The Morgan fingerprint density at radius 2 is 2.15 bits per heavy atom. The first-order valence-corrected chi connectivity index (χ1v) is 6.73. The van der Waals surface area contributed by atoms with E-state index in [9.17, 15) is 4.39 Å². The molecule has 0 saturated heterocycles. The van der Waals surface area contributed by atoms with Crippen LogP contribution >= 0.6 is 15.9 Å². The van der Waals surface area contributed by atoms with E-state index < -0.39 is 0 Å². The van der Waals surface area contributed by atoms with E-state index in [1.807, 2.05) is 6.07 Å². The minimum Gasteiger partial charge on any atom is -0.339 e. The van der Waals surface area contributed by atoms with Gasteiger partial charge in [-0.05, 0) is 46.3 Å². The Hall–Kier alpha value is -1.99. The van der Waals surface area contributed by atoms with Gasteiger partial charge < -0.3 is 11.1 Å². The fourth-order valence-electron chi connectivity index (χ4n) is 1.86. The lowest BCUT2D eigenvalue weighted by Crippen LogP contribution is -2.00. The molecular weight excluding hydrogens is 325 g/mol. The van der Waals surface area contributed by atoms with Gasteiger partial charge >= 0.3 is 0 Å². The van der Waals surface area contributed by atoms with Gasteiger partial charge in [0.15, 0.2) is 11.5 Å². The Balaban J connectivity index is 1.98. The third kappa shape index (κ3) is 2.37. The number of imidazole rings is 1. The molecule has 0 aliphatic heterocycles. The number of hydrogen-bond donors (Lipinski definition) is 2. The Morgan fingerprint density at radius 1 is 1.30 bits per heavy atom. The van der Waals surface area contributed by atoms with Crippen molar-refractivity contribution in [2.45, 2.75) is 6.54 Å². The molecule has 1 aromatic carbocycles. The summed E-state index contributed by atoms with van der Waals surface area (Å²) in [5.74, 6) is 0.287. The van der Waals surface area contributed by atoms with E-state index in [0.29, 0.717) is 23.7 Å². The number of hydrogen-bond acceptors (Lipinski definition) is 4. The van der Waals surface area contributed by atoms with Crippen molar-refractivity contribution in [3.63, 3.8) is 0 Å². The molecule has 0 aliphatic carbocycles. The van der Waals surface area contributed by atoms with Crippen LogP contribution in [0.4, 0.5) is 15.9 Å². The third-order valence-corrected chi connectivity index (χ3v) is 3.57. The van der Waals surface area contributed by atoms with Gasteiger partial charge in [-0.15, -0.1) is 5.10 Å². The highest BCUT2D eigenvalue weighted by molar-refractivity contribution is 9.10. The summed E-state index contributed by atoms with van der Waals surface area (Å²) in [5, 5.41) is 7.43. The van der Waals surface area contributed by atoms with Crippen LogP contribution in [0.15, 0.2) is 41.0 Å². The molecule has 0 radical (unpaired) electrons. The maximum absolute atomic E-state index is 13.1. The summed E-state index contributed by atoms with van der Waals surface area (Å²) in [6, 6.07) is 9.79. The molecule has 0 bridgehead atoms. The predicted molar refractivity (Wildman–Crippen MR) is 78.3 cm³/mol. The van der Waals surface area contributed by atoms with Crippen molar-refractivity contribution in [1.82, 2.24) is 14.6 Å². The number of benzene rings is 1. The first-order chi connectivity index (χ1) is 9.67. The minimum atomic E-state index is -0.301. The lowest BCUT2D eigenvalue weighted by Gasteiger charge is -2.05. The van der Waals surface area contributed by atoms with Gasteiger partial charge in [0.25, 0.3) is 0 Å². The van der Waals surface area contributed by atoms with E-state index in [0.717, 1.165) is 10.3 Å². The molecule has 0 unspecified atom stereocenters. The lowest BCUT2D eigenvalue weighted by molar-refractivity contribution is 0.628. The van der Waals surface area contributed by atoms with E-state index in [-0.39, 0.29) is 5.82 Å². The summed E-state index contributed by atoms with van der Waals surface area (Å²) < 4.78 is 15.5. The van der Waals surface area contributed by atoms with Gasteiger partial charge in [0, 0.05) is 12.2 Å². The number of nitrogens with two attached hydrogens (primary N) is 1. The molecule has 3 rings (SSSR count). The molecule has 102 valence electrons. The molecule has 2 aromatic heterocycles.